The Hall–Kier alpha value is -3.35. The van der Waals surface area contributed by atoms with Gasteiger partial charge in [0.2, 0.25) is 11.7 Å². The van der Waals surface area contributed by atoms with Crippen LogP contribution < -0.4 is 9.47 Å². The summed E-state index contributed by atoms with van der Waals surface area (Å²) in [5.74, 6) is 2.05. The summed E-state index contributed by atoms with van der Waals surface area (Å²) in [7, 11) is 3.29. The summed E-state index contributed by atoms with van der Waals surface area (Å²) in [4.78, 5) is 18.7. The van der Waals surface area contributed by atoms with Crippen LogP contribution in [0.3, 0.4) is 0 Å². The fraction of sp³-hybridized carbons (Fsp3) is 0.348. The molecule has 2 aromatic carbocycles. The number of amides is 1. The van der Waals surface area contributed by atoms with Crippen molar-refractivity contribution in [2.45, 2.75) is 40.3 Å². The molecule has 0 bridgehead atoms. The number of likely N-dealkylation sites (N-methyl/N-ethyl adjacent to an activating group) is 1. The van der Waals surface area contributed by atoms with Gasteiger partial charge in [-0.2, -0.15) is 4.98 Å². The van der Waals surface area contributed by atoms with Gasteiger partial charge in [-0.3, -0.25) is 4.79 Å². The molecular weight excluding hydrogens is 382 g/mol. The molecule has 0 unspecified atom stereocenters. The number of aromatic nitrogens is 2. The predicted octanol–water partition coefficient (Wildman–Crippen LogP) is 4.10. The Morgan fingerprint density at radius 1 is 1.20 bits per heavy atom. The zero-order valence-corrected chi connectivity index (χ0v) is 18.2. The van der Waals surface area contributed by atoms with Crippen LogP contribution in [0.15, 0.2) is 40.9 Å². The van der Waals surface area contributed by atoms with Crippen molar-refractivity contribution in [1.29, 1.82) is 0 Å². The fourth-order valence-electron chi connectivity index (χ4n) is 3.15. The first-order valence-corrected chi connectivity index (χ1v) is 9.75. The Balaban J connectivity index is 1.66. The van der Waals surface area contributed by atoms with Crippen LogP contribution in [0.5, 0.6) is 11.5 Å². The van der Waals surface area contributed by atoms with Crippen LogP contribution >= 0.6 is 0 Å². The number of rotatable bonds is 7. The molecule has 1 atom stereocenters. The van der Waals surface area contributed by atoms with Crippen LogP contribution in [-0.2, 0) is 11.3 Å². The topological polar surface area (TPSA) is 77.7 Å². The molecule has 1 aromatic heterocycles. The standard InChI is InChI=1S/C23H27N3O4/c1-14-10-15(2)16(3)20(11-14)29-17(4)23(27)26(5)13-21-24-22(25-30-21)18-8-7-9-19(12-18)28-6/h7-12,17H,13H2,1-6H3/t17-/m0/s1. The van der Waals surface area contributed by atoms with E-state index in [-0.39, 0.29) is 12.5 Å². The molecule has 3 aromatic rings. The van der Waals surface area contributed by atoms with E-state index in [1.165, 1.54) is 4.90 Å². The van der Waals surface area contributed by atoms with Gasteiger partial charge in [-0.15, -0.1) is 0 Å². The lowest BCUT2D eigenvalue weighted by Gasteiger charge is -2.22. The minimum atomic E-state index is -0.643. The SMILES string of the molecule is COc1cccc(-c2noc(CN(C)C(=O)[C@H](C)Oc3cc(C)cc(C)c3C)n2)c1. The molecule has 7 nitrogen and oxygen atoms in total. The molecule has 0 radical (unpaired) electrons. The van der Waals surface area contributed by atoms with Crippen LogP contribution in [-0.4, -0.2) is 41.2 Å². The van der Waals surface area contributed by atoms with Crippen molar-refractivity contribution in [3.05, 3.63) is 59.0 Å². The highest BCUT2D eigenvalue weighted by Crippen LogP contribution is 2.25. The van der Waals surface area contributed by atoms with E-state index in [2.05, 4.69) is 16.2 Å². The number of methoxy groups -OCH3 is 1. The van der Waals surface area contributed by atoms with Gasteiger partial charge in [-0.25, -0.2) is 0 Å². The maximum atomic E-state index is 12.8. The average molecular weight is 409 g/mol. The summed E-state index contributed by atoms with van der Waals surface area (Å²) in [5, 5.41) is 4.01. The summed E-state index contributed by atoms with van der Waals surface area (Å²) in [6.07, 6.45) is -0.643. The quantitative estimate of drug-likeness (QED) is 0.585. The Labute approximate surface area is 176 Å². The minimum Gasteiger partial charge on any atom is -0.497 e. The summed E-state index contributed by atoms with van der Waals surface area (Å²) >= 11 is 0. The van der Waals surface area contributed by atoms with E-state index >= 15 is 0 Å². The van der Waals surface area contributed by atoms with Gasteiger partial charge < -0.3 is 18.9 Å². The van der Waals surface area contributed by atoms with E-state index in [9.17, 15) is 4.79 Å². The van der Waals surface area contributed by atoms with Crippen molar-refractivity contribution < 1.29 is 18.8 Å². The summed E-state index contributed by atoms with van der Waals surface area (Å²) in [6.45, 7) is 7.96. The Morgan fingerprint density at radius 2 is 1.97 bits per heavy atom. The van der Waals surface area contributed by atoms with Crippen molar-refractivity contribution in [2.24, 2.45) is 0 Å². The molecule has 1 amide bonds. The first-order chi connectivity index (χ1) is 14.3. The molecule has 30 heavy (non-hydrogen) atoms. The van der Waals surface area contributed by atoms with Crippen LogP contribution in [0, 0.1) is 20.8 Å². The van der Waals surface area contributed by atoms with Gasteiger partial charge in [0.15, 0.2) is 6.10 Å². The van der Waals surface area contributed by atoms with Crippen LogP contribution in [0.1, 0.15) is 29.5 Å². The smallest absolute Gasteiger partial charge is 0.263 e. The molecule has 0 saturated carbocycles. The molecule has 0 N–H and O–H groups in total. The molecule has 0 saturated heterocycles. The number of aryl methyl sites for hydroxylation is 2. The number of hydrogen-bond acceptors (Lipinski definition) is 6. The number of carbonyl (C=O) groups is 1. The Kier molecular flexibility index (Phi) is 6.40. The molecule has 1 heterocycles. The second-order valence-electron chi connectivity index (χ2n) is 7.40. The molecule has 0 aliphatic heterocycles. The van der Waals surface area contributed by atoms with Gasteiger partial charge in [0.1, 0.15) is 11.5 Å². The van der Waals surface area contributed by atoms with Crippen LogP contribution in [0.25, 0.3) is 11.4 Å². The van der Waals surface area contributed by atoms with Crippen LogP contribution in [0.4, 0.5) is 0 Å². The number of benzene rings is 2. The first kappa shape index (κ1) is 21.4. The molecule has 0 fully saturated rings. The number of hydrogen-bond donors (Lipinski definition) is 0. The van der Waals surface area contributed by atoms with E-state index in [4.69, 9.17) is 14.0 Å². The molecular formula is C23H27N3O4. The lowest BCUT2D eigenvalue weighted by atomic mass is 10.1. The highest BCUT2D eigenvalue weighted by Gasteiger charge is 2.22. The molecule has 0 aliphatic carbocycles. The van der Waals surface area contributed by atoms with E-state index in [0.717, 1.165) is 28.0 Å². The van der Waals surface area contributed by atoms with Gasteiger partial charge >= 0.3 is 0 Å². The average Bonchev–Trinajstić information content (AvgIpc) is 3.19. The van der Waals surface area contributed by atoms with Crippen LogP contribution in [0.2, 0.25) is 0 Å². The second kappa shape index (κ2) is 8.98. The monoisotopic (exact) mass is 409 g/mol. The lowest BCUT2D eigenvalue weighted by molar-refractivity contribution is -0.137. The van der Waals surface area contributed by atoms with E-state index in [1.807, 2.05) is 51.1 Å². The van der Waals surface area contributed by atoms with Gasteiger partial charge in [0.25, 0.3) is 5.91 Å². The first-order valence-electron chi connectivity index (χ1n) is 9.75. The Bertz CT molecular complexity index is 1040. The molecule has 3 rings (SSSR count). The zero-order chi connectivity index (χ0) is 21.8. The summed E-state index contributed by atoms with van der Waals surface area (Å²) < 4.78 is 16.5. The lowest BCUT2D eigenvalue weighted by Crippen LogP contribution is -2.37. The number of ether oxygens (including phenoxy) is 2. The van der Waals surface area contributed by atoms with Crippen molar-refractivity contribution in [3.8, 4) is 22.9 Å². The second-order valence-corrected chi connectivity index (χ2v) is 7.40. The van der Waals surface area contributed by atoms with E-state index in [1.54, 1.807) is 21.1 Å². The van der Waals surface area contributed by atoms with Crippen molar-refractivity contribution in [3.63, 3.8) is 0 Å². The van der Waals surface area contributed by atoms with Gasteiger partial charge in [0, 0.05) is 12.6 Å². The normalized spacial score (nSPS) is 11.8. The zero-order valence-electron chi connectivity index (χ0n) is 18.2. The number of carbonyl (C=O) groups excluding carboxylic acids is 1. The third-order valence-electron chi connectivity index (χ3n) is 4.96. The third-order valence-corrected chi connectivity index (χ3v) is 4.96. The molecule has 158 valence electrons. The van der Waals surface area contributed by atoms with Crippen molar-refractivity contribution in [2.75, 3.05) is 14.2 Å². The third kappa shape index (κ3) is 4.79. The van der Waals surface area contributed by atoms with E-state index < -0.39 is 6.10 Å². The fourth-order valence-corrected chi connectivity index (χ4v) is 3.15. The highest BCUT2D eigenvalue weighted by molar-refractivity contribution is 5.80. The van der Waals surface area contributed by atoms with Gasteiger partial charge in [0.05, 0.1) is 13.7 Å². The Morgan fingerprint density at radius 3 is 2.70 bits per heavy atom. The maximum Gasteiger partial charge on any atom is 0.263 e. The predicted molar refractivity (Wildman–Crippen MR) is 114 cm³/mol. The maximum absolute atomic E-state index is 12.8. The largest absolute Gasteiger partial charge is 0.497 e. The van der Waals surface area contributed by atoms with E-state index in [0.29, 0.717) is 17.5 Å². The van der Waals surface area contributed by atoms with Gasteiger partial charge in [-0.1, -0.05) is 23.4 Å². The highest BCUT2D eigenvalue weighted by atomic mass is 16.5. The summed E-state index contributed by atoms with van der Waals surface area (Å²) in [5.41, 5.74) is 4.04. The number of nitrogens with zero attached hydrogens (tertiary/aromatic N) is 3. The van der Waals surface area contributed by atoms with Gasteiger partial charge in [-0.05, 0) is 62.6 Å². The molecule has 7 heteroatoms. The molecule has 0 spiro atoms. The minimum absolute atomic E-state index is 0.172. The van der Waals surface area contributed by atoms with Crippen molar-refractivity contribution >= 4 is 5.91 Å². The van der Waals surface area contributed by atoms with Crippen molar-refractivity contribution in [1.82, 2.24) is 15.0 Å². The summed E-state index contributed by atoms with van der Waals surface area (Å²) in [6, 6.07) is 11.4. The molecule has 0 aliphatic rings.